The smallest absolute Gasteiger partial charge is 0.332 e. The molecule has 2 aromatic rings. The quantitative estimate of drug-likeness (QED) is 0.887. The van der Waals surface area contributed by atoms with Gasteiger partial charge >= 0.3 is 5.97 Å². The minimum atomic E-state index is -1.03. The van der Waals surface area contributed by atoms with Crippen LogP contribution in [0.2, 0.25) is 0 Å². The summed E-state index contributed by atoms with van der Waals surface area (Å²) < 4.78 is 10.5. The second kappa shape index (κ2) is 5.62. The molecule has 0 radical (unpaired) electrons. The van der Waals surface area contributed by atoms with Crippen molar-refractivity contribution in [2.24, 2.45) is 0 Å². The summed E-state index contributed by atoms with van der Waals surface area (Å²) >= 11 is 0. The molecule has 0 aliphatic heterocycles. The van der Waals surface area contributed by atoms with Gasteiger partial charge in [0.1, 0.15) is 6.61 Å². The molecule has 0 amide bonds. The maximum Gasteiger partial charge on any atom is 0.332 e. The van der Waals surface area contributed by atoms with Crippen LogP contribution in [0.3, 0.4) is 0 Å². The number of aryl methyl sites for hydroxylation is 1. The topological polar surface area (TPSA) is 85.5 Å². The van der Waals surface area contributed by atoms with Gasteiger partial charge in [-0.05, 0) is 26.0 Å². The first-order valence-corrected chi connectivity index (χ1v) is 5.80. The molecule has 6 heteroatoms. The van der Waals surface area contributed by atoms with Crippen LogP contribution in [0.25, 0.3) is 11.5 Å². The first-order chi connectivity index (χ1) is 9.06. The van der Waals surface area contributed by atoms with Gasteiger partial charge in [-0.2, -0.15) is 0 Å². The Morgan fingerprint density at radius 2 is 2.05 bits per heavy atom. The maximum atomic E-state index is 10.6. The van der Waals surface area contributed by atoms with E-state index in [0.717, 1.165) is 11.1 Å². The number of hydrogen-bond donors (Lipinski definition) is 1. The lowest BCUT2D eigenvalue weighted by Gasteiger charge is -2.04. The number of benzene rings is 1. The molecule has 1 atom stereocenters. The van der Waals surface area contributed by atoms with E-state index in [2.05, 4.69) is 10.2 Å². The third-order valence-corrected chi connectivity index (χ3v) is 2.57. The van der Waals surface area contributed by atoms with Gasteiger partial charge in [-0.15, -0.1) is 10.2 Å². The molecule has 0 fully saturated rings. The molecule has 0 aliphatic rings. The zero-order valence-electron chi connectivity index (χ0n) is 10.7. The first kappa shape index (κ1) is 13.2. The van der Waals surface area contributed by atoms with Crippen LogP contribution in [0.15, 0.2) is 28.7 Å². The highest BCUT2D eigenvalue weighted by molar-refractivity contribution is 5.71. The molecule has 0 saturated carbocycles. The van der Waals surface area contributed by atoms with Crippen molar-refractivity contribution in [3.63, 3.8) is 0 Å². The Hall–Kier alpha value is -2.21. The lowest BCUT2D eigenvalue weighted by Crippen LogP contribution is -2.19. The Kier molecular flexibility index (Phi) is 3.91. The standard InChI is InChI=1S/C13H14N2O4/c1-8-3-5-10(6-4-8)12-15-14-11(19-12)7-18-9(2)13(16)17/h3-6,9H,7H2,1-2H3,(H,16,17)/t9-/m0/s1. The summed E-state index contributed by atoms with van der Waals surface area (Å²) in [6, 6.07) is 7.66. The Balaban J connectivity index is 2.03. The van der Waals surface area contributed by atoms with Crippen LogP contribution in [0.4, 0.5) is 0 Å². The van der Waals surface area contributed by atoms with Crippen molar-refractivity contribution in [2.45, 2.75) is 26.6 Å². The van der Waals surface area contributed by atoms with Crippen molar-refractivity contribution < 1.29 is 19.1 Å². The van der Waals surface area contributed by atoms with E-state index < -0.39 is 12.1 Å². The number of rotatable bonds is 5. The zero-order chi connectivity index (χ0) is 13.8. The van der Waals surface area contributed by atoms with Crippen LogP contribution in [-0.4, -0.2) is 27.4 Å². The highest BCUT2D eigenvalue weighted by Gasteiger charge is 2.14. The Morgan fingerprint density at radius 3 is 2.68 bits per heavy atom. The zero-order valence-corrected chi connectivity index (χ0v) is 10.7. The van der Waals surface area contributed by atoms with Crippen LogP contribution < -0.4 is 0 Å². The van der Waals surface area contributed by atoms with Crippen molar-refractivity contribution in [1.29, 1.82) is 0 Å². The number of nitrogens with zero attached hydrogens (tertiary/aromatic N) is 2. The average Bonchev–Trinajstić information content (AvgIpc) is 2.85. The SMILES string of the molecule is Cc1ccc(-c2nnc(CO[C@@H](C)C(=O)O)o2)cc1. The number of carboxylic acid groups (broad SMARTS) is 1. The molecule has 0 spiro atoms. The minimum Gasteiger partial charge on any atom is -0.479 e. The maximum absolute atomic E-state index is 10.6. The van der Waals surface area contributed by atoms with Gasteiger partial charge in [0.25, 0.3) is 0 Å². The van der Waals surface area contributed by atoms with Crippen molar-refractivity contribution in [1.82, 2.24) is 10.2 Å². The van der Waals surface area contributed by atoms with E-state index >= 15 is 0 Å². The van der Waals surface area contributed by atoms with Gasteiger partial charge in [-0.1, -0.05) is 17.7 Å². The molecule has 1 heterocycles. The summed E-state index contributed by atoms with van der Waals surface area (Å²) in [6.45, 7) is 3.41. The van der Waals surface area contributed by atoms with Crippen LogP contribution in [0.5, 0.6) is 0 Å². The lowest BCUT2D eigenvalue weighted by atomic mass is 10.1. The molecular formula is C13H14N2O4. The van der Waals surface area contributed by atoms with Crippen LogP contribution >= 0.6 is 0 Å². The third kappa shape index (κ3) is 3.38. The van der Waals surface area contributed by atoms with E-state index in [1.165, 1.54) is 6.92 Å². The summed E-state index contributed by atoms with van der Waals surface area (Å²) in [5.74, 6) is -0.386. The predicted molar refractivity (Wildman–Crippen MR) is 66.4 cm³/mol. The van der Waals surface area contributed by atoms with E-state index in [1.54, 1.807) is 0 Å². The van der Waals surface area contributed by atoms with Gasteiger partial charge in [0.15, 0.2) is 6.10 Å². The van der Waals surface area contributed by atoms with Gasteiger partial charge in [-0.3, -0.25) is 0 Å². The van der Waals surface area contributed by atoms with Crippen molar-refractivity contribution in [3.8, 4) is 11.5 Å². The second-order valence-electron chi connectivity index (χ2n) is 4.16. The highest BCUT2D eigenvalue weighted by atomic mass is 16.5. The van der Waals surface area contributed by atoms with Crippen molar-refractivity contribution in [2.75, 3.05) is 0 Å². The predicted octanol–water partition coefficient (Wildman–Crippen LogP) is 2.03. The molecule has 19 heavy (non-hydrogen) atoms. The van der Waals surface area contributed by atoms with E-state index in [1.807, 2.05) is 31.2 Å². The molecule has 1 N–H and O–H groups in total. The van der Waals surface area contributed by atoms with E-state index in [0.29, 0.717) is 5.89 Å². The third-order valence-electron chi connectivity index (χ3n) is 2.57. The number of hydrogen-bond acceptors (Lipinski definition) is 5. The number of ether oxygens (including phenoxy) is 1. The normalized spacial score (nSPS) is 12.3. The Labute approximate surface area is 110 Å². The summed E-state index contributed by atoms with van der Waals surface area (Å²) in [5, 5.41) is 16.4. The number of carbonyl (C=O) groups is 1. The molecule has 0 saturated heterocycles. The van der Waals surface area contributed by atoms with Crippen molar-refractivity contribution >= 4 is 5.97 Å². The molecule has 1 aromatic carbocycles. The first-order valence-electron chi connectivity index (χ1n) is 5.80. The van der Waals surface area contributed by atoms with Gasteiger partial charge in [0.2, 0.25) is 11.8 Å². The van der Waals surface area contributed by atoms with E-state index in [9.17, 15) is 4.79 Å². The molecule has 0 aliphatic carbocycles. The fraction of sp³-hybridized carbons (Fsp3) is 0.308. The van der Waals surface area contributed by atoms with E-state index in [4.69, 9.17) is 14.3 Å². The molecule has 100 valence electrons. The molecule has 0 bridgehead atoms. The highest BCUT2D eigenvalue weighted by Crippen LogP contribution is 2.18. The summed E-state index contributed by atoms with van der Waals surface area (Å²) in [5.41, 5.74) is 1.96. The van der Waals surface area contributed by atoms with Crippen LogP contribution in [0, 0.1) is 6.92 Å². The van der Waals surface area contributed by atoms with Gasteiger partial charge in [0, 0.05) is 5.56 Å². The molecular weight excluding hydrogens is 248 g/mol. The van der Waals surface area contributed by atoms with Crippen LogP contribution in [0.1, 0.15) is 18.4 Å². The molecule has 0 unspecified atom stereocenters. The largest absolute Gasteiger partial charge is 0.479 e. The molecule has 6 nitrogen and oxygen atoms in total. The van der Waals surface area contributed by atoms with Gasteiger partial charge in [-0.25, -0.2) is 4.79 Å². The minimum absolute atomic E-state index is 0.0215. The fourth-order valence-electron chi connectivity index (χ4n) is 1.39. The summed E-state index contributed by atoms with van der Waals surface area (Å²) in [6.07, 6.45) is -0.908. The summed E-state index contributed by atoms with van der Waals surface area (Å²) in [4.78, 5) is 10.6. The van der Waals surface area contributed by atoms with Gasteiger partial charge < -0.3 is 14.3 Å². The monoisotopic (exact) mass is 262 g/mol. The second-order valence-corrected chi connectivity index (χ2v) is 4.16. The number of carboxylic acids is 1. The summed E-state index contributed by atoms with van der Waals surface area (Å²) in [7, 11) is 0. The number of aliphatic carboxylic acids is 1. The van der Waals surface area contributed by atoms with Crippen molar-refractivity contribution in [3.05, 3.63) is 35.7 Å². The Bertz CT molecular complexity index is 562. The fourth-order valence-corrected chi connectivity index (χ4v) is 1.39. The molecule has 2 rings (SSSR count). The molecule has 1 aromatic heterocycles. The van der Waals surface area contributed by atoms with Gasteiger partial charge in [0.05, 0.1) is 0 Å². The average molecular weight is 262 g/mol. The van der Waals surface area contributed by atoms with Crippen LogP contribution in [-0.2, 0) is 16.1 Å². The lowest BCUT2D eigenvalue weighted by molar-refractivity contribution is -0.150. The Morgan fingerprint density at radius 1 is 1.37 bits per heavy atom. The number of aromatic nitrogens is 2. The van der Waals surface area contributed by atoms with E-state index in [-0.39, 0.29) is 12.5 Å².